The highest BCUT2D eigenvalue weighted by Gasteiger charge is 2.59. The molecule has 6 aliphatic rings. The number of aliphatic hydroxyl groups is 1. The van der Waals surface area contributed by atoms with E-state index >= 15 is 0 Å². The molecular formula is C57H102O12Si3. The van der Waals surface area contributed by atoms with Crippen molar-refractivity contribution in [3.05, 3.63) is 37.0 Å². The standard InChI is InChI=1S/C57H102O12Si3/c1-15-25-48-56(69-72(22-8,23-9)24-10)53-36-52(64-48)55-46(59)37-57(66-53,67-55)30-28-43-33-40(12)47(62-43)27-26-42-32-39(11)41(13)49(63-42)35-50-45(29-31-58)54(60-14)51(65-50)34-44(68-71(19-5,20-6)21-7)38-61-70(16-2,17-3)18-4/h15,31,39,42-56,59H,1,12-13,16-30,32-38H2,2-11,14H3/t39?,42?,43?,44?,45?,46?,47?,48-,49?,50?,51+,52+,53?,54+,55?,56?,57+/m0/s1. The van der Waals surface area contributed by atoms with Crippen molar-refractivity contribution in [2.24, 2.45) is 11.8 Å². The first kappa shape index (κ1) is 60.3. The van der Waals surface area contributed by atoms with Crippen LogP contribution in [0.25, 0.3) is 0 Å². The molecule has 6 fully saturated rings. The van der Waals surface area contributed by atoms with Crippen LogP contribution in [0, 0.1) is 11.8 Å². The number of rotatable bonds is 31. The van der Waals surface area contributed by atoms with Crippen LogP contribution in [0.2, 0.25) is 54.4 Å². The van der Waals surface area contributed by atoms with E-state index in [1.807, 2.05) is 6.08 Å². The third kappa shape index (κ3) is 13.9. The van der Waals surface area contributed by atoms with E-state index in [2.05, 4.69) is 89.0 Å². The summed E-state index contributed by atoms with van der Waals surface area (Å²) in [5.41, 5.74) is 2.20. The van der Waals surface area contributed by atoms with E-state index in [1.165, 1.54) is 0 Å². The second kappa shape index (κ2) is 27.1. The Kier molecular flexibility index (Phi) is 22.7. The molecule has 0 aromatic carbocycles. The summed E-state index contributed by atoms with van der Waals surface area (Å²) in [7, 11) is -4.08. The molecule has 414 valence electrons. The summed E-state index contributed by atoms with van der Waals surface area (Å²) in [6.45, 7) is 36.4. The topological polar surface area (TPSA) is 130 Å². The number of ether oxygens (including phenoxy) is 7. The van der Waals surface area contributed by atoms with Gasteiger partial charge < -0.3 is 56.3 Å². The van der Waals surface area contributed by atoms with E-state index in [9.17, 15) is 9.90 Å². The van der Waals surface area contributed by atoms with Gasteiger partial charge in [-0.2, -0.15) is 0 Å². The molecule has 0 spiro atoms. The highest BCUT2D eigenvalue weighted by molar-refractivity contribution is 6.74. The fraction of sp³-hybridized carbons (Fsp3) is 0.877. The monoisotopic (exact) mass is 1060 g/mol. The van der Waals surface area contributed by atoms with Gasteiger partial charge in [0.05, 0.1) is 86.0 Å². The number of carbonyl (C=O) groups excluding carboxylic acids is 1. The van der Waals surface area contributed by atoms with Crippen LogP contribution in [-0.2, 0) is 51.2 Å². The molecule has 6 heterocycles. The Bertz CT molecular complexity index is 1700. The summed E-state index contributed by atoms with van der Waals surface area (Å²) < 4.78 is 69.0. The molecule has 12 unspecified atom stereocenters. The molecule has 17 atom stereocenters. The van der Waals surface area contributed by atoms with Gasteiger partial charge in [-0.15, -0.1) is 6.58 Å². The molecule has 6 rings (SSSR count). The van der Waals surface area contributed by atoms with Crippen molar-refractivity contribution in [2.45, 2.75) is 292 Å². The van der Waals surface area contributed by atoms with Gasteiger partial charge in [0.25, 0.3) is 0 Å². The summed E-state index contributed by atoms with van der Waals surface area (Å²) >= 11 is 0. The quantitative estimate of drug-likeness (QED) is 0.0403. The molecule has 0 saturated carbocycles. The molecule has 0 amide bonds. The van der Waals surface area contributed by atoms with Crippen molar-refractivity contribution in [3.63, 3.8) is 0 Å². The van der Waals surface area contributed by atoms with Gasteiger partial charge in [0.2, 0.25) is 0 Å². The molecule has 15 heteroatoms. The van der Waals surface area contributed by atoms with Gasteiger partial charge in [-0.25, -0.2) is 0 Å². The normalized spacial score (nSPS) is 36.8. The number of aliphatic hydroxyl groups excluding tert-OH is 1. The lowest BCUT2D eigenvalue weighted by Crippen LogP contribution is -2.58. The highest BCUT2D eigenvalue weighted by Crippen LogP contribution is 2.49. The van der Waals surface area contributed by atoms with Crippen LogP contribution in [0.4, 0.5) is 0 Å². The number of methoxy groups -OCH3 is 1. The van der Waals surface area contributed by atoms with E-state index in [1.54, 1.807) is 7.11 Å². The SMILES string of the molecule is C=CC[C@@H]1O[C@@H]2CC(O[C@@]3(CCC4CC(=C)C(CCC5CC(C)C(=C)C(CC6O[C@H](CC(CO[Si](CC)(CC)CC)O[Si](CC)(CC)CC)[C@H](OC)C6CC=O)O5)O4)CC(O)C2O3)C1O[Si](CC)(CC)CC. The largest absolute Gasteiger partial charge is 0.414 e. The molecule has 0 aliphatic carbocycles. The number of hydrogen-bond donors (Lipinski definition) is 1. The molecule has 12 nitrogen and oxygen atoms in total. The van der Waals surface area contributed by atoms with Crippen LogP contribution in [0.5, 0.6) is 0 Å². The Morgan fingerprint density at radius 1 is 0.736 bits per heavy atom. The lowest BCUT2D eigenvalue weighted by molar-refractivity contribution is -0.256. The zero-order valence-electron chi connectivity index (χ0n) is 47.0. The lowest BCUT2D eigenvalue weighted by Gasteiger charge is -2.47. The maximum atomic E-state index is 12.3. The van der Waals surface area contributed by atoms with Crippen LogP contribution < -0.4 is 0 Å². The van der Waals surface area contributed by atoms with Crippen LogP contribution in [0.1, 0.15) is 146 Å². The molecule has 0 aromatic heterocycles. The van der Waals surface area contributed by atoms with Crippen molar-refractivity contribution >= 4 is 31.2 Å². The number of hydrogen-bond acceptors (Lipinski definition) is 12. The summed E-state index contributed by atoms with van der Waals surface area (Å²) in [4.78, 5) is 12.3. The predicted molar refractivity (Wildman–Crippen MR) is 294 cm³/mol. The summed E-state index contributed by atoms with van der Waals surface area (Å²) in [6, 6.07) is 9.59. The first-order chi connectivity index (χ1) is 34.5. The lowest BCUT2D eigenvalue weighted by atomic mass is 9.82. The molecule has 6 aliphatic heterocycles. The van der Waals surface area contributed by atoms with Gasteiger partial charge in [0, 0.05) is 51.6 Å². The van der Waals surface area contributed by atoms with E-state index < -0.39 is 42.9 Å². The Labute approximate surface area is 440 Å². The number of carbonyl (C=O) groups is 1. The van der Waals surface area contributed by atoms with Crippen LogP contribution in [0.3, 0.4) is 0 Å². The third-order valence-corrected chi connectivity index (χ3v) is 33.2. The Morgan fingerprint density at radius 3 is 2.00 bits per heavy atom. The minimum absolute atomic E-state index is 0.0227. The van der Waals surface area contributed by atoms with Crippen LogP contribution >= 0.6 is 0 Å². The first-order valence-corrected chi connectivity index (χ1v) is 36.7. The van der Waals surface area contributed by atoms with Gasteiger partial charge in [0.1, 0.15) is 12.4 Å². The fourth-order valence-corrected chi connectivity index (χ4v) is 22.1. The zero-order valence-corrected chi connectivity index (χ0v) is 50.0. The van der Waals surface area contributed by atoms with Gasteiger partial charge >= 0.3 is 0 Å². The Balaban J connectivity index is 1.07. The van der Waals surface area contributed by atoms with Gasteiger partial charge in [0.15, 0.2) is 30.7 Å². The number of aldehydes is 1. The van der Waals surface area contributed by atoms with Gasteiger partial charge in [-0.3, -0.25) is 0 Å². The second-order valence-electron chi connectivity index (χ2n) is 22.9. The minimum Gasteiger partial charge on any atom is -0.414 e. The maximum absolute atomic E-state index is 12.3. The predicted octanol–water partition coefficient (Wildman–Crippen LogP) is 12.2. The molecule has 6 saturated heterocycles. The fourth-order valence-electron chi connectivity index (χ4n) is 13.7. The van der Waals surface area contributed by atoms with Crippen molar-refractivity contribution in [1.29, 1.82) is 0 Å². The van der Waals surface area contributed by atoms with Crippen LogP contribution in [-0.4, -0.2) is 141 Å². The molecule has 4 bridgehead atoms. The third-order valence-electron chi connectivity index (χ3n) is 19.2. The maximum Gasteiger partial charge on any atom is 0.192 e. The average molecular weight is 1060 g/mol. The smallest absolute Gasteiger partial charge is 0.192 e. The van der Waals surface area contributed by atoms with Crippen molar-refractivity contribution in [1.82, 2.24) is 0 Å². The summed E-state index contributed by atoms with van der Waals surface area (Å²) in [5.74, 6) is -0.763. The Morgan fingerprint density at radius 2 is 1.39 bits per heavy atom. The van der Waals surface area contributed by atoms with E-state index in [-0.39, 0.29) is 85.1 Å². The Hall–Kier alpha value is -0.899. The molecule has 0 radical (unpaired) electrons. The summed E-state index contributed by atoms with van der Waals surface area (Å²) in [6.07, 6.45) is 7.92. The van der Waals surface area contributed by atoms with Crippen molar-refractivity contribution in [2.75, 3.05) is 13.7 Å². The average Bonchev–Trinajstić information content (AvgIpc) is 4.00. The van der Waals surface area contributed by atoms with E-state index in [0.717, 1.165) is 104 Å². The molecule has 1 N–H and O–H groups in total. The molecule has 0 aromatic rings. The summed E-state index contributed by atoms with van der Waals surface area (Å²) in [5, 5.41) is 11.4. The minimum atomic E-state index is -1.99. The molecule has 72 heavy (non-hydrogen) atoms. The van der Waals surface area contributed by atoms with Crippen molar-refractivity contribution in [3.8, 4) is 0 Å². The van der Waals surface area contributed by atoms with Crippen molar-refractivity contribution < 1.29 is 56.3 Å². The van der Waals surface area contributed by atoms with Gasteiger partial charge in [-0.1, -0.05) is 88.5 Å². The van der Waals surface area contributed by atoms with Crippen LogP contribution in [0.15, 0.2) is 37.0 Å². The number of fused-ring (bicyclic) bond motifs is 5. The van der Waals surface area contributed by atoms with E-state index in [0.29, 0.717) is 51.6 Å². The first-order valence-electron chi connectivity index (χ1n) is 29.1. The van der Waals surface area contributed by atoms with Gasteiger partial charge in [-0.05, 0) is 110 Å². The zero-order chi connectivity index (χ0) is 52.4. The van der Waals surface area contributed by atoms with E-state index in [4.69, 9.17) is 46.4 Å². The molecular weight excluding hydrogens is 961 g/mol. The highest BCUT2D eigenvalue weighted by atomic mass is 28.4. The second-order valence-corrected chi connectivity index (χ2v) is 37.1.